The first kappa shape index (κ1) is 12.6. The summed E-state index contributed by atoms with van der Waals surface area (Å²) in [6.07, 6.45) is 3.55. The zero-order chi connectivity index (χ0) is 14.4. The van der Waals surface area contributed by atoms with Crippen LogP contribution in [0.1, 0.15) is 27.0 Å². The van der Waals surface area contributed by atoms with Crippen LogP contribution in [0.25, 0.3) is 0 Å². The highest BCUT2D eigenvalue weighted by Crippen LogP contribution is 2.34. The van der Waals surface area contributed by atoms with Crippen molar-refractivity contribution in [2.24, 2.45) is 7.05 Å². The number of hydrogen-bond donors (Lipinski definition) is 0. The van der Waals surface area contributed by atoms with Gasteiger partial charge in [0.2, 0.25) is 0 Å². The second-order valence-electron chi connectivity index (χ2n) is 5.22. The Morgan fingerprint density at radius 1 is 1.20 bits per heavy atom. The molecule has 20 heavy (non-hydrogen) atoms. The van der Waals surface area contributed by atoms with Crippen molar-refractivity contribution in [2.75, 3.05) is 4.90 Å². The molecule has 1 aromatic heterocycles. The van der Waals surface area contributed by atoms with Crippen molar-refractivity contribution in [3.05, 3.63) is 46.8 Å². The second kappa shape index (κ2) is 4.30. The first-order valence-corrected chi connectivity index (χ1v) is 6.42. The van der Waals surface area contributed by atoms with Gasteiger partial charge in [0.1, 0.15) is 0 Å². The lowest BCUT2D eigenvalue weighted by atomic mass is 10.0. The van der Waals surface area contributed by atoms with E-state index in [1.54, 1.807) is 21.8 Å². The van der Waals surface area contributed by atoms with Gasteiger partial charge >= 0.3 is 0 Å². The van der Waals surface area contributed by atoms with Gasteiger partial charge in [-0.2, -0.15) is 5.10 Å². The summed E-state index contributed by atoms with van der Waals surface area (Å²) in [6, 6.07) is 3.77. The minimum atomic E-state index is -0.461. The Morgan fingerprint density at radius 3 is 2.60 bits per heavy atom. The number of amides is 1. The first-order valence-electron chi connectivity index (χ1n) is 6.42. The smallest absolute Gasteiger partial charge is 0.299 e. The highest BCUT2D eigenvalue weighted by atomic mass is 16.2. The third kappa shape index (κ3) is 1.82. The second-order valence-corrected chi connectivity index (χ2v) is 5.22. The van der Waals surface area contributed by atoms with E-state index in [1.807, 2.05) is 33.2 Å². The molecule has 0 unspecified atom stereocenters. The number of hydrogen-bond acceptors (Lipinski definition) is 3. The standard InChI is InChI=1S/C15H15N3O2/c1-9-4-10(2)13-12(5-9)14(19)15(20)18(13)8-11-6-16-17(3)7-11/h4-7H,8H2,1-3H3. The number of fused-ring (bicyclic) bond motifs is 1. The van der Waals surface area contributed by atoms with Gasteiger partial charge in [0, 0.05) is 18.8 Å². The van der Waals surface area contributed by atoms with Crippen LogP contribution in [0, 0.1) is 13.8 Å². The number of nitrogens with zero attached hydrogens (tertiary/aromatic N) is 3. The van der Waals surface area contributed by atoms with E-state index >= 15 is 0 Å². The molecule has 1 aliphatic heterocycles. The molecule has 1 amide bonds. The summed E-state index contributed by atoms with van der Waals surface area (Å²) in [4.78, 5) is 25.8. The molecule has 0 bridgehead atoms. The molecule has 2 heterocycles. The Labute approximate surface area is 116 Å². The lowest BCUT2D eigenvalue weighted by Gasteiger charge is -2.17. The number of aryl methyl sites for hydroxylation is 3. The molecular formula is C15H15N3O2. The predicted molar refractivity (Wildman–Crippen MR) is 74.6 cm³/mol. The quantitative estimate of drug-likeness (QED) is 0.781. The van der Waals surface area contributed by atoms with E-state index < -0.39 is 11.7 Å². The maximum Gasteiger partial charge on any atom is 0.299 e. The van der Waals surface area contributed by atoms with Crippen molar-refractivity contribution in [3.63, 3.8) is 0 Å². The van der Waals surface area contributed by atoms with E-state index in [1.165, 1.54) is 0 Å². The number of anilines is 1. The Morgan fingerprint density at radius 2 is 1.95 bits per heavy atom. The summed E-state index contributed by atoms with van der Waals surface area (Å²) < 4.78 is 1.68. The summed E-state index contributed by atoms with van der Waals surface area (Å²) in [5, 5.41) is 4.09. The third-order valence-electron chi connectivity index (χ3n) is 3.50. The van der Waals surface area contributed by atoms with Gasteiger partial charge in [-0.3, -0.25) is 19.2 Å². The summed E-state index contributed by atoms with van der Waals surface area (Å²) in [7, 11) is 1.82. The van der Waals surface area contributed by atoms with Crippen LogP contribution in [-0.4, -0.2) is 21.5 Å². The zero-order valence-corrected chi connectivity index (χ0v) is 11.7. The van der Waals surface area contributed by atoms with Crippen LogP contribution in [-0.2, 0) is 18.4 Å². The Bertz CT molecular complexity index is 731. The molecule has 0 N–H and O–H groups in total. The van der Waals surface area contributed by atoms with Crippen molar-refractivity contribution in [2.45, 2.75) is 20.4 Å². The molecule has 1 aromatic carbocycles. The van der Waals surface area contributed by atoms with E-state index in [4.69, 9.17) is 0 Å². The molecular weight excluding hydrogens is 254 g/mol. The van der Waals surface area contributed by atoms with Crippen molar-refractivity contribution in [3.8, 4) is 0 Å². The highest BCUT2D eigenvalue weighted by Gasteiger charge is 2.37. The highest BCUT2D eigenvalue weighted by molar-refractivity contribution is 6.52. The largest absolute Gasteiger partial charge is 0.300 e. The average molecular weight is 269 g/mol. The van der Waals surface area contributed by atoms with Gasteiger partial charge in [0.15, 0.2) is 0 Å². The lowest BCUT2D eigenvalue weighted by Crippen LogP contribution is -2.29. The average Bonchev–Trinajstić information content (AvgIpc) is 2.88. The van der Waals surface area contributed by atoms with Crippen molar-refractivity contribution >= 4 is 17.4 Å². The van der Waals surface area contributed by atoms with Crippen molar-refractivity contribution in [1.82, 2.24) is 9.78 Å². The molecule has 0 fully saturated rings. The molecule has 0 radical (unpaired) electrons. The molecule has 3 rings (SSSR count). The fraction of sp³-hybridized carbons (Fsp3) is 0.267. The Kier molecular flexibility index (Phi) is 2.71. The summed E-state index contributed by atoms with van der Waals surface area (Å²) in [5.74, 6) is -0.881. The zero-order valence-electron chi connectivity index (χ0n) is 11.7. The van der Waals surface area contributed by atoms with E-state index in [-0.39, 0.29) is 0 Å². The van der Waals surface area contributed by atoms with Crippen LogP contribution < -0.4 is 4.90 Å². The van der Waals surface area contributed by atoms with Gasteiger partial charge in [0.25, 0.3) is 11.7 Å². The van der Waals surface area contributed by atoms with Gasteiger partial charge < -0.3 is 0 Å². The maximum absolute atomic E-state index is 12.2. The molecule has 0 spiro atoms. The monoisotopic (exact) mass is 269 g/mol. The number of benzene rings is 1. The topological polar surface area (TPSA) is 55.2 Å². The molecule has 102 valence electrons. The van der Waals surface area contributed by atoms with Gasteiger partial charge in [-0.25, -0.2) is 0 Å². The first-order chi connectivity index (χ1) is 9.47. The number of carbonyl (C=O) groups excluding carboxylic acids is 2. The number of rotatable bonds is 2. The van der Waals surface area contributed by atoms with E-state index in [9.17, 15) is 9.59 Å². The van der Waals surface area contributed by atoms with Crippen LogP contribution in [0.5, 0.6) is 0 Å². The summed E-state index contributed by atoms with van der Waals surface area (Å²) in [6.45, 7) is 4.22. The number of Topliss-reactive ketones (excluding diaryl/α,β-unsaturated/α-hetero) is 1. The van der Waals surface area contributed by atoms with Crippen LogP contribution in [0.2, 0.25) is 0 Å². The molecule has 1 aliphatic rings. The SMILES string of the molecule is Cc1cc(C)c2c(c1)C(=O)C(=O)N2Cc1cnn(C)c1. The lowest BCUT2D eigenvalue weighted by molar-refractivity contribution is -0.114. The normalized spacial score (nSPS) is 14.1. The van der Waals surface area contributed by atoms with Gasteiger partial charge in [0.05, 0.1) is 24.0 Å². The number of carbonyl (C=O) groups is 2. The third-order valence-corrected chi connectivity index (χ3v) is 3.50. The van der Waals surface area contributed by atoms with Crippen LogP contribution in [0.3, 0.4) is 0 Å². The minimum Gasteiger partial charge on any atom is -0.300 e. The number of ketones is 1. The molecule has 5 heteroatoms. The fourth-order valence-corrected chi connectivity index (χ4v) is 2.72. The van der Waals surface area contributed by atoms with Crippen molar-refractivity contribution < 1.29 is 9.59 Å². The molecule has 2 aromatic rings. The molecule has 0 atom stereocenters. The number of aromatic nitrogens is 2. The predicted octanol–water partition coefficient (Wildman–Crippen LogP) is 1.77. The van der Waals surface area contributed by atoms with Gasteiger partial charge in [-0.05, 0) is 31.0 Å². The maximum atomic E-state index is 12.2. The molecule has 0 aliphatic carbocycles. The van der Waals surface area contributed by atoms with Crippen molar-refractivity contribution in [1.29, 1.82) is 0 Å². The van der Waals surface area contributed by atoms with Gasteiger partial charge in [-0.15, -0.1) is 0 Å². The van der Waals surface area contributed by atoms with E-state index in [0.717, 1.165) is 22.4 Å². The van der Waals surface area contributed by atoms with Crippen LogP contribution in [0.4, 0.5) is 5.69 Å². The van der Waals surface area contributed by atoms with Crippen LogP contribution >= 0.6 is 0 Å². The Balaban J connectivity index is 2.06. The van der Waals surface area contributed by atoms with Gasteiger partial charge in [-0.1, -0.05) is 6.07 Å². The fourth-order valence-electron chi connectivity index (χ4n) is 2.72. The van der Waals surface area contributed by atoms with Crippen LogP contribution in [0.15, 0.2) is 24.5 Å². The summed E-state index contributed by atoms with van der Waals surface area (Å²) >= 11 is 0. The molecule has 0 saturated carbocycles. The molecule has 5 nitrogen and oxygen atoms in total. The summed E-state index contributed by atoms with van der Waals surface area (Å²) in [5.41, 5.74) is 4.08. The van der Waals surface area contributed by atoms with E-state index in [0.29, 0.717) is 12.1 Å². The minimum absolute atomic E-state index is 0.370. The Hall–Kier alpha value is -2.43. The van der Waals surface area contributed by atoms with E-state index in [2.05, 4.69) is 5.10 Å². The molecule has 0 saturated heterocycles.